The van der Waals surface area contributed by atoms with Crippen molar-refractivity contribution >= 4 is 5.97 Å². The summed E-state index contributed by atoms with van der Waals surface area (Å²) in [7, 11) is 0. The predicted octanol–water partition coefficient (Wildman–Crippen LogP) is 0.225. The summed E-state index contributed by atoms with van der Waals surface area (Å²) in [4.78, 5) is 14.8. The highest BCUT2D eigenvalue weighted by molar-refractivity contribution is 5.65. The van der Waals surface area contributed by atoms with Crippen LogP contribution in [0.5, 0.6) is 0 Å². The molecule has 0 saturated heterocycles. The molecule has 0 bridgehead atoms. The Hall–Kier alpha value is -1.19. The third kappa shape index (κ3) is 1.64. The van der Waals surface area contributed by atoms with Crippen molar-refractivity contribution in [1.29, 1.82) is 0 Å². The molecule has 0 aliphatic carbocycles. The molecule has 4 heteroatoms. The van der Waals surface area contributed by atoms with Gasteiger partial charge in [-0.1, -0.05) is 0 Å². The molecule has 9 heavy (non-hydrogen) atoms. The average molecular weight is 129 g/mol. The van der Waals surface area contributed by atoms with Crippen LogP contribution in [-0.2, 0) is 14.4 Å². The molecule has 0 aromatic rings. The maximum atomic E-state index is 10.2. The van der Waals surface area contributed by atoms with Crippen LogP contribution in [0.15, 0.2) is 12.5 Å². The molecule has 0 unspecified atom stereocenters. The van der Waals surface area contributed by atoms with Crippen molar-refractivity contribution in [2.45, 2.75) is 6.92 Å². The van der Waals surface area contributed by atoms with E-state index < -0.39 is 0 Å². The van der Waals surface area contributed by atoms with Crippen molar-refractivity contribution in [3.63, 3.8) is 0 Å². The molecule has 0 saturated carbocycles. The second-order valence-corrected chi connectivity index (χ2v) is 1.58. The normalized spacial score (nSPS) is 15.4. The molecule has 1 aliphatic heterocycles. The van der Waals surface area contributed by atoms with Gasteiger partial charge in [0.2, 0.25) is 0 Å². The fourth-order valence-corrected chi connectivity index (χ4v) is 0.492. The summed E-state index contributed by atoms with van der Waals surface area (Å²) in [6.45, 7) is 1.63. The van der Waals surface area contributed by atoms with Gasteiger partial charge in [0, 0.05) is 6.92 Å². The Bertz CT molecular complexity index is 143. The molecule has 50 valence electrons. The van der Waals surface area contributed by atoms with Crippen LogP contribution in [-0.4, -0.2) is 17.8 Å². The van der Waals surface area contributed by atoms with E-state index in [1.165, 1.54) is 18.2 Å². The van der Waals surface area contributed by atoms with Gasteiger partial charge < -0.3 is 9.57 Å². The molecule has 1 heterocycles. The molecule has 0 atom stereocenters. The molecule has 0 radical (unpaired) electrons. The Balaban J connectivity index is 2.28. The predicted molar refractivity (Wildman–Crippen MR) is 28.7 cm³/mol. The van der Waals surface area contributed by atoms with Gasteiger partial charge in [-0.05, 0) is 0 Å². The highest BCUT2D eigenvalue weighted by Crippen LogP contribution is 2.00. The van der Waals surface area contributed by atoms with Crippen LogP contribution >= 0.6 is 0 Å². The van der Waals surface area contributed by atoms with Crippen LogP contribution in [0.1, 0.15) is 6.92 Å². The summed E-state index contributed by atoms with van der Waals surface area (Å²) in [6.07, 6.45) is 3.00. The minimum absolute atomic E-state index is 0.291. The second-order valence-electron chi connectivity index (χ2n) is 1.58. The summed E-state index contributed by atoms with van der Waals surface area (Å²) in [6, 6.07) is 0. The number of nitrogens with zero attached hydrogens (tertiary/aromatic N) is 1. The third-order valence-electron chi connectivity index (χ3n) is 0.771. The first-order chi connectivity index (χ1) is 4.29. The van der Waals surface area contributed by atoms with E-state index in [4.69, 9.17) is 4.74 Å². The van der Waals surface area contributed by atoms with Crippen LogP contribution in [0.4, 0.5) is 0 Å². The van der Waals surface area contributed by atoms with Gasteiger partial charge in [-0.15, -0.1) is 0 Å². The molecule has 1 aliphatic rings. The molecular formula is C5H7NO3. The van der Waals surface area contributed by atoms with Gasteiger partial charge in [-0.2, -0.15) is 5.06 Å². The first-order valence-corrected chi connectivity index (χ1v) is 2.52. The molecule has 0 aromatic heterocycles. The van der Waals surface area contributed by atoms with Crippen molar-refractivity contribution in [3.05, 3.63) is 12.5 Å². The van der Waals surface area contributed by atoms with E-state index in [1.807, 2.05) is 0 Å². The SMILES string of the molecule is CC(=O)ON1C=COC1. The van der Waals surface area contributed by atoms with Crippen molar-refractivity contribution in [3.8, 4) is 0 Å². The summed E-state index contributed by atoms with van der Waals surface area (Å²) in [5, 5.41) is 1.31. The molecule has 0 fully saturated rings. The van der Waals surface area contributed by atoms with Gasteiger partial charge in [0.05, 0.1) is 6.20 Å². The highest BCUT2D eigenvalue weighted by Gasteiger charge is 2.06. The average Bonchev–Trinajstić information content (AvgIpc) is 2.15. The van der Waals surface area contributed by atoms with Gasteiger partial charge in [-0.25, -0.2) is 0 Å². The fraction of sp³-hybridized carbons (Fsp3) is 0.400. The smallest absolute Gasteiger partial charge is 0.329 e. The summed E-state index contributed by atoms with van der Waals surface area (Å²) in [5.41, 5.74) is 0. The largest absolute Gasteiger partial charge is 0.476 e. The lowest BCUT2D eigenvalue weighted by Gasteiger charge is -2.09. The summed E-state index contributed by atoms with van der Waals surface area (Å²) < 4.78 is 4.73. The van der Waals surface area contributed by atoms with Crippen molar-refractivity contribution in [1.82, 2.24) is 5.06 Å². The van der Waals surface area contributed by atoms with E-state index in [1.54, 1.807) is 6.20 Å². The maximum absolute atomic E-state index is 10.2. The monoisotopic (exact) mass is 129 g/mol. The first kappa shape index (κ1) is 5.94. The standard InChI is InChI=1S/C5H7NO3/c1-5(7)9-6-2-3-8-4-6/h2-3H,4H2,1H3. The van der Waals surface area contributed by atoms with E-state index in [2.05, 4.69) is 4.84 Å². The minimum atomic E-state index is -0.342. The minimum Gasteiger partial charge on any atom is -0.476 e. The molecular weight excluding hydrogens is 122 g/mol. The van der Waals surface area contributed by atoms with E-state index in [9.17, 15) is 4.79 Å². The number of carbonyl (C=O) groups excluding carboxylic acids is 1. The van der Waals surface area contributed by atoms with Gasteiger partial charge in [0.1, 0.15) is 6.26 Å². The first-order valence-electron chi connectivity index (χ1n) is 2.52. The number of hydrogen-bond donors (Lipinski definition) is 0. The van der Waals surface area contributed by atoms with Gasteiger partial charge in [0.15, 0.2) is 6.73 Å². The number of carbonyl (C=O) groups is 1. The van der Waals surface area contributed by atoms with Gasteiger partial charge in [0.25, 0.3) is 0 Å². The Morgan fingerprint density at radius 1 is 1.89 bits per heavy atom. The maximum Gasteiger partial charge on any atom is 0.329 e. The zero-order valence-electron chi connectivity index (χ0n) is 5.03. The number of ether oxygens (including phenoxy) is 1. The lowest BCUT2D eigenvalue weighted by Crippen LogP contribution is -2.18. The molecule has 1 rings (SSSR count). The molecule has 0 aromatic carbocycles. The van der Waals surface area contributed by atoms with Crippen LogP contribution in [0.3, 0.4) is 0 Å². The van der Waals surface area contributed by atoms with E-state index in [-0.39, 0.29) is 5.97 Å². The van der Waals surface area contributed by atoms with Crippen LogP contribution in [0.25, 0.3) is 0 Å². The van der Waals surface area contributed by atoms with Gasteiger partial charge >= 0.3 is 5.97 Å². The summed E-state index contributed by atoms with van der Waals surface area (Å²) >= 11 is 0. The Labute approximate surface area is 52.6 Å². The van der Waals surface area contributed by atoms with E-state index in [0.717, 1.165) is 0 Å². The van der Waals surface area contributed by atoms with E-state index >= 15 is 0 Å². The Morgan fingerprint density at radius 2 is 2.67 bits per heavy atom. The lowest BCUT2D eigenvalue weighted by molar-refractivity contribution is -0.182. The van der Waals surface area contributed by atoms with Crippen LogP contribution < -0.4 is 0 Å². The topological polar surface area (TPSA) is 38.8 Å². The molecule has 4 nitrogen and oxygen atoms in total. The van der Waals surface area contributed by atoms with Crippen LogP contribution in [0, 0.1) is 0 Å². The molecule has 0 spiro atoms. The third-order valence-corrected chi connectivity index (χ3v) is 0.771. The fourth-order valence-electron chi connectivity index (χ4n) is 0.492. The second kappa shape index (κ2) is 2.39. The Kier molecular flexibility index (Phi) is 1.58. The van der Waals surface area contributed by atoms with Gasteiger partial charge in [-0.3, -0.25) is 4.79 Å². The number of hydroxylamine groups is 2. The highest BCUT2D eigenvalue weighted by atomic mass is 16.7. The lowest BCUT2D eigenvalue weighted by atomic mass is 10.8. The quantitative estimate of drug-likeness (QED) is 0.507. The molecule has 0 N–H and O–H groups in total. The molecule has 0 amide bonds. The van der Waals surface area contributed by atoms with E-state index in [0.29, 0.717) is 6.73 Å². The number of hydrogen-bond acceptors (Lipinski definition) is 4. The van der Waals surface area contributed by atoms with Crippen molar-refractivity contribution < 1.29 is 14.4 Å². The summed E-state index contributed by atoms with van der Waals surface area (Å²) in [5.74, 6) is -0.342. The van der Waals surface area contributed by atoms with Crippen molar-refractivity contribution in [2.75, 3.05) is 6.73 Å². The Morgan fingerprint density at radius 3 is 3.11 bits per heavy atom. The van der Waals surface area contributed by atoms with Crippen LogP contribution in [0.2, 0.25) is 0 Å². The number of rotatable bonds is 1. The van der Waals surface area contributed by atoms with Crippen molar-refractivity contribution in [2.24, 2.45) is 0 Å². The zero-order valence-corrected chi connectivity index (χ0v) is 5.03. The zero-order chi connectivity index (χ0) is 6.69.